The summed E-state index contributed by atoms with van der Waals surface area (Å²) in [7, 11) is 0. The van der Waals surface area contributed by atoms with E-state index in [1.165, 1.54) is 6.33 Å². The number of hydrogen-bond donors (Lipinski definition) is 3. The highest BCUT2D eigenvalue weighted by molar-refractivity contribution is 6.30. The van der Waals surface area contributed by atoms with Crippen molar-refractivity contribution < 1.29 is 4.79 Å². The summed E-state index contributed by atoms with van der Waals surface area (Å²) in [5, 5.41) is 9.83. The topological polar surface area (TPSA) is 91.8 Å². The van der Waals surface area contributed by atoms with Gasteiger partial charge < -0.3 is 16.0 Å². The molecule has 0 aliphatic heterocycles. The van der Waals surface area contributed by atoms with Crippen molar-refractivity contribution in [1.29, 1.82) is 0 Å². The van der Waals surface area contributed by atoms with Gasteiger partial charge >= 0.3 is 0 Å². The number of nitrogens with one attached hydrogen (secondary N) is 3. The average Bonchev–Trinajstić information content (AvgIpc) is 2.76. The van der Waals surface area contributed by atoms with Crippen molar-refractivity contribution >= 4 is 46.3 Å². The van der Waals surface area contributed by atoms with Gasteiger partial charge in [-0.05, 0) is 73.2 Å². The van der Waals surface area contributed by atoms with E-state index < -0.39 is 0 Å². The third-order valence-corrected chi connectivity index (χ3v) is 4.61. The van der Waals surface area contributed by atoms with E-state index in [0.717, 1.165) is 11.3 Å². The van der Waals surface area contributed by atoms with Gasteiger partial charge in [0.05, 0.1) is 0 Å². The molecule has 31 heavy (non-hydrogen) atoms. The molecule has 7 nitrogen and oxygen atoms in total. The van der Waals surface area contributed by atoms with Crippen molar-refractivity contribution in [3.05, 3.63) is 95.4 Å². The maximum Gasteiger partial charge on any atom is 0.255 e. The number of amides is 1. The Kier molecular flexibility index (Phi) is 6.05. The molecule has 2 heterocycles. The molecule has 0 aliphatic carbocycles. The minimum absolute atomic E-state index is 0.200. The molecule has 0 saturated heterocycles. The Morgan fingerprint density at radius 2 is 1.42 bits per heavy atom. The number of halogens is 1. The van der Waals surface area contributed by atoms with Gasteiger partial charge in [0.1, 0.15) is 23.8 Å². The molecular formula is C23H19ClN6O. The number of benzene rings is 2. The summed E-state index contributed by atoms with van der Waals surface area (Å²) >= 11 is 5.86. The second kappa shape index (κ2) is 9.23. The highest BCUT2D eigenvalue weighted by Crippen LogP contribution is 2.21. The molecule has 0 unspecified atom stereocenters. The summed E-state index contributed by atoms with van der Waals surface area (Å²) < 4.78 is 0. The Labute approximate surface area is 184 Å². The third kappa shape index (κ3) is 5.55. The number of aryl methyl sites for hydroxylation is 1. The summed E-state index contributed by atoms with van der Waals surface area (Å²) in [5.74, 6) is 1.77. The zero-order valence-electron chi connectivity index (χ0n) is 16.6. The van der Waals surface area contributed by atoms with E-state index in [9.17, 15) is 4.79 Å². The number of pyridine rings is 1. The molecule has 154 valence electrons. The molecule has 8 heteroatoms. The van der Waals surface area contributed by atoms with Gasteiger partial charge in [0.15, 0.2) is 0 Å². The van der Waals surface area contributed by atoms with Crippen LogP contribution in [0.2, 0.25) is 5.02 Å². The standard InChI is InChI=1S/C23H19ClN6O/c1-15-10-11-25-20(12-15)30-22-13-21(26-14-27-22)28-18-6-8-19(9-7-18)29-23(31)16-2-4-17(24)5-3-16/h2-14H,1H3,(H,29,31)(H2,25,26,27,28,30). The van der Waals surface area contributed by atoms with Gasteiger partial charge in [-0.15, -0.1) is 0 Å². The quantitative estimate of drug-likeness (QED) is 0.370. The van der Waals surface area contributed by atoms with Crippen LogP contribution in [0.5, 0.6) is 0 Å². The van der Waals surface area contributed by atoms with Crippen LogP contribution in [0.15, 0.2) is 79.3 Å². The number of nitrogens with zero attached hydrogens (tertiary/aromatic N) is 3. The van der Waals surface area contributed by atoms with Gasteiger partial charge in [0.2, 0.25) is 0 Å². The fourth-order valence-electron chi connectivity index (χ4n) is 2.82. The molecule has 4 aromatic rings. The van der Waals surface area contributed by atoms with Crippen LogP contribution in [0.25, 0.3) is 0 Å². The molecule has 0 bridgehead atoms. The van der Waals surface area contributed by atoms with Crippen LogP contribution in [0.4, 0.5) is 28.8 Å². The molecule has 1 amide bonds. The van der Waals surface area contributed by atoms with Crippen LogP contribution in [0.1, 0.15) is 15.9 Å². The number of aromatic nitrogens is 3. The van der Waals surface area contributed by atoms with Crippen LogP contribution in [-0.4, -0.2) is 20.9 Å². The van der Waals surface area contributed by atoms with Gasteiger partial charge in [0, 0.05) is 34.2 Å². The lowest BCUT2D eigenvalue weighted by molar-refractivity contribution is 0.102. The minimum atomic E-state index is -0.200. The van der Waals surface area contributed by atoms with Crippen LogP contribution < -0.4 is 16.0 Å². The Bertz CT molecular complexity index is 1200. The van der Waals surface area contributed by atoms with Crippen molar-refractivity contribution in [2.45, 2.75) is 6.92 Å². The zero-order chi connectivity index (χ0) is 21.6. The van der Waals surface area contributed by atoms with Crippen molar-refractivity contribution in [2.24, 2.45) is 0 Å². The fourth-order valence-corrected chi connectivity index (χ4v) is 2.95. The van der Waals surface area contributed by atoms with Crippen molar-refractivity contribution in [2.75, 3.05) is 16.0 Å². The van der Waals surface area contributed by atoms with Gasteiger partial charge in [-0.1, -0.05) is 11.6 Å². The fraction of sp³-hybridized carbons (Fsp3) is 0.0435. The van der Waals surface area contributed by atoms with Crippen LogP contribution in [0.3, 0.4) is 0 Å². The molecule has 4 rings (SSSR count). The Morgan fingerprint density at radius 1 is 0.774 bits per heavy atom. The molecule has 0 atom stereocenters. The van der Waals surface area contributed by atoms with Crippen LogP contribution in [0, 0.1) is 6.92 Å². The molecule has 0 fully saturated rings. The lowest BCUT2D eigenvalue weighted by Gasteiger charge is -2.10. The number of carbonyl (C=O) groups excluding carboxylic acids is 1. The predicted octanol–water partition coefficient (Wildman–Crippen LogP) is 5.57. The van der Waals surface area contributed by atoms with E-state index in [1.807, 2.05) is 43.3 Å². The van der Waals surface area contributed by atoms with Gasteiger partial charge in [0.25, 0.3) is 5.91 Å². The SMILES string of the molecule is Cc1ccnc(Nc2cc(Nc3ccc(NC(=O)c4ccc(Cl)cc4)cc3)ncn2)c1. The average molecular weight is 431 g/mol. The Morgan fingerprint density at radius 3 is 2.13 bits per heavy atom. The first-order valence-corrected chi connectivity index (χ1v) is 9.89. The van der Waals surface area contributed by atoms with Gasteiger partial charge in [-0.25, -0.2) is 15.0 Å². The maximum atomic E-state index is 12.3. The molecule has 0 saturated carbocycles. The zero-order valence-corrected chi connectivity index (χ0v) is 17.4. The van der Waals surface area contributed by atoms with E-state index in [0.29, 0.717) is 33.7 Å². The van der Waals surface area contributed by atoms with E-state index in [-0.39, 0.29) is 5.91 Å². The number of anilines is 5. The van der Waals surface area contributed by atoms with Gasteiger partial charge in [-0.2, -0.15) is 0 Å². The Balaban J connectivity index is 1.39. The molecule has 2 aromatic carbocycles. The van der Waals surface area contributed by atoms with Crippen LogP contribution >= 0.6 is 11.6 Å². The summed E-state index contributed by atoms with van der Waals surface area (Å²) in [5.41, 5.74) is 3.15. The molecule has 3 N–H and O–H groups in total. The summed E-state index contributed by atoms with van der Waals surface area (Å²) in [6.45, 7) is 2.00. The second-order valence-corrected chi connectivity index (χ2v) is 7.23. The van der Waals surface area contributed by atoms with Crippen molar-refractivity contribution in [3.8, 4) is 0 Å². The lowest BCUT2D eigenvalue weighted by Crippen LogP contribution is -2.11. The number of carbonyl (C=O) groups is 1. The monoisotopic (exact) mass is 430 g/mol. The second-order valence-electron chi connectivity index (χ2n) is 6.80. The first kappa shape index (κ1) is 20.3. The minimum Gasteiger partial charge on any atom is -0.340 e. The number of hydrogen-bond acceptors (Lipinski definition) is 6. The molecular weight excluding hydrogens is 412 g/mol. The number of rotatable bonds is 6. The molecule has 2 aromatic heterocycles. The van der Waals surface area contributed by atoms with Crippen molar-refractivity contribution in [1.82, 2.24) is 15.0 Å². The largest absolute Gasteiger partial charge is 0.340 e. The van der Waals surface area contributed by atoms with E-state index in [4.69, 9.17) is 11.6 Å². The van der Waals surface area contributed by atoms with Crippen LogP contribution in [-0.2, 0) is 0 Å². The first-order chi connectivity index (χ1) is 15.0. The third-order valence-electron chi connectivity index (χ3n) is 4.36. The van der Waals surface area contributed by atoms with E-state index in [1.54, 1.807) is 36.5 Å². The highest BCUT2D eigenvalue weighted by Gasteiger charge is 2.06. The van der Waals surface area contributed by atoms with Gasteiger partial charge in [-0.3, -0.25) is 4.79 Å². The first-order valence-electron chi connectivity index (χ1n) is 9.51. The molecule has 0 radical (unpaired) electrons. The summed E-state index contributed by atoms with van der Waals surface area (Å²) in [4.78, 5) is 25.1. The molecule has 0 aliphatic rings. The van der Waals surface area contributed by atoms with Crippen molar-refractivity contribution in [3.63, 3.8) is 0 Å². The summed E-state index contributed by atoms with van der Waals surface area (Å²) in [6.07, 6.45) is 3.21. The van der Waals surface area contributed by atoms with E-state index >= 15 is 0 Å². The van der Waals surface area contributed by atoms with E-state index in [2.05, 4.69) is 30.9 Å². The smallest absolute Gasteiger partial charge is 0.255 e. The highest BCUT2D eigenvalue weighted by atomic mass is 35.5. The normalized spacial score (nSPS) is 10.4. The predicted molar refractivity (Wildman–Crippen MR) is 123 cm³/mol. The molecule has 0 spiro atoms. The lowest BCUT2D eigenvalue weighted by atomic mass is 10.2. The maximum absolute atomic E-state index is 12.3. The summed E-state index contributed by atoms with van der Waals surface area (Å²) in [6, 6.07) is 19.7. The Hall–Kier alpha value is -3.97.